The van der Waals surface area contributed by atoms with Crippen molar-refractivity contribution in [3.05, 3.63) is 64.6 Å². The Kier molecular flexibility index (Phi) is 4.95. The zero-order chi connectivity index (χ0) is 18.2. The van der Waals surface area contributed by atoms with Crippen LogP contribution in [0.1, 0.15) is 19.4 Å². The summed E-state index contributed by atoms with van der Waals surface area (Å²) in [5.74, 6) is -2.69. The molecule has 24 heavy (non-hydrogen) atoms. The molecule has 0 bridgehead atoms. The number of hydrogen-bond acceptors (Lipinski definition) is 1. The summed E-state index contributed by atoms with van der Waals surface area (Å²) < 4.78 is 56.6. The molecule has 0 atom stereocenters. The number of hydrogen-bond donors (Lipinski definition) is 1. The first kappa shape index (κ1) is 18.3. The number of nitrogens with one attached hydrogen (secondary N) is 1. The van der Waals surface area contributed by atoms with E-state index >= 15 is 0 Å². The van der Waals surface area contributed by atoms with E-state index in [2.05, 4.69) is 11.9 Å². The average molecular weight is 358 g/mol. The van der Waals surface area contributed by atoms with Crippen molar-refractivity contribution >= 4 is 17.3 Å². The van der Waals surface area contributed by atoms with E-state index in [9.17, 15) is 17.6 Å². The van der Waals surface area contributed by atoms with E-state index < -0.39 is 28.7 Å². The molecule has 0 aliphatic heterocycles. The number of allylic oxidation sites excluding steroid dienone is 1. The molecule has 1 nitrogen and oxygen atoms in total. The Morgan fingerprint density at radius 3 is 2.33 bits per heavy atom. The summed E-state index contributed by atoms with van der Waals surface area (Å²) in [7, 11) is 0. The number of rotatable bonds is 4. The molecular formula is C18H16ClF4N. The summed E-state index contributed by atoms with van der Waals surface area (Å²) >= 11 is 5.87. The fourth-order valence-electron chi connectivity index (χ4n) is 2.11. The summed E-state index contributed by atoms with van der Waals surface area (Å²) in [5, 5.41) is 2.10. The molecule has 0 fully saturated rings. The second kappa shape index (κ2) is 6.48. The monoisotopic (exact) mass is 357 g/mol. The third kappa shape index (κ3) is 3.56. The lowest BCUT2D eigenvalue weighted by atomic mass is 10.0. The first-order valence-corrected chi connectivity index (χ1v) is 7.49. The second-order valence-corrected chi connectivity index (χ2v) is 6.35. The molecule has 0 radical (unpaired) electrons. The lowest BCUT2D eigenvalue weighted by molar-refractivity contribution is 0.271. The zero-order valence-electron chi connectivity index (χ0n) is 13.4. The van der Waals surface area contributed by atoms with E-state index in [1.807, 2.05) is 0 Å². The Morgan fingerprint density at radius 1 is 1.12 bits per heavy atom. The SMILES string of the molecule is C=C(Nc1ccc(F)c(-c2cc(C)cc(F)c2Cl)c1F)C(C)(C)F. The standard InChI is InChI=1S/C18H16ClF4N/c1-9-7-11(16(19)13(21)8-9)15-12(20)5-6-14(17(15)22)24-10(2)18(3,4)23/h5-8,24H,2H2,1,3-4H3. The normalized spacial score (nSPS) is 11.5. The largest absolute Gasteiger partial charge is 0.354 e. The molecule has 0 amide bonds. The van der Waals surface area contributed by atoms with Crippen molar-refractivity contribution < 1.29 is 17.6 Å². The van der Waals surface area contributed by atoms with Crippen molar-refractivity contribution in [3.63, 3.8) is 0 Å². The van der Waals surface area contributed by atoms with Gasteiger partial charge >= 0.3 is 0 Å². The Labute approximate surface area is 143 Å². The van der Waals surface area contributed by atoms with E-state index in [1.165, 1.54) is 19.9 Å². The van der Waals surface area contributed by atoms with Gasteiger partial charge < -0.3 is 5.32 Å². The van der Waals surface area contributed by atoms with Crippen molar-refractivity contribution in [2.75, 3.05) is 5.32 Å². The van der Waals surface area contributed by atoms with Crippen LogP contribution in [0.2, 0.25) is 5.02 Å². The topological polar surface area (TPSA) is 12.0 Å². The van der Waals surface area contributed by atoms with E-state index in [0.717, 1.165) is 18.2 Å². The van der Waals surface area contributed by atoms with Crippen LogP contribution in [0.5, 0.6) is 0 Å². The molecule has 0 saturated heterocycles. The summed E-state index contributed by atoms with van der Waals surface area (Å²) in [5.41, 5.74) is -2.23. The first-order chi connectivity index (χ1) is 11.0. The smallest absolute Gasteiger partial charge is 0.157 e. The van der Waals surface area contributed by atoms with Crippen molar-refractivity contribution in [1.29, 1.82) is 0 Å². The summed E-state index contributed by atoms with van der Waals surface area (Å²) in [6, 6.07) is 4.66. The molecule has 6 heteroatoms. The Bertz CT molecular complexity index is 810. The molecule has 2 aromatic rings. The van der Waals surface area contributed by atoms with Crippen LogP contribution in [-0.2, 0) is 0 Å². The molecule has 0 aliphatic carbocycles. The van der Waals surface area contributed by atoms with E-state index in [4.69, 9.17) is 11.6 Å². The minimum Gasteiger partial charge on any atom is -0.354 e. The Hall–Kier alpha value is -2.01. The van der Waals surface area contributed by atoms with Crippen LogP contribution >= 0.6 is 11.6 Å². The number of aryl methyl sites for hydroxylation is 1. The van der Waals surface area contributed by atoms with Gasteiger partial charge in [-0.3, -0.25) is 0 Å². The van der Waals surface area contributed by atoms with Gasteiger partial charge in [-0.1, -0.05) is 18.2 Å². The second-order valence-electron chi connectivity index (χ2n) is 5.97. The maximum absolute atomic E-state index is 14.8. The van der Waals surface area contributed by atoms with Gasteiger partial charge in [0.15, 0.2) is 5.82 Å². The van der Waals surface area contributed by atoms with Gasteiger partial charge in [0.1, 0.15) is 17.3 Å². The zero-order valence-corrected chi connectivity index (χ0v) is 14.2. The predicted octanol–water partition coefficient (Wildman–Crippen LogP) is 6.41. The highest BCUT2D eigenvalue weighted by molar-refractivity contribution is 6.33. The summed E-state index contributed by atoms with van der Waals surface area (Å²) in [4.78, 5) is 0. The molecule has 0 heterocycles. The van der Waals surface area contributed by atoms with Crippen LogP contribution in [0.3, 0.4) is 0 Å². The number of benzene rings is 2. The van der Waals surface area contributed by atoms with Crippen molar-refractivity contribution in [3.8, 4) is 11.1 Å². The highest BCUT2D eigenvalue weighted by atomic mass is 35.5. The van der Waals surface area contributed by atoms with Gasteiger partial charge in [0.25, 0.3) is 0 Å². The van der Waals surface area contributed by atoms with Gasteiger partial charge in [0.05, 0.1) is 16.3 Å². The van der Waals surface area contributed by atoms with Crippen LogP contribution in [0.15, 0.2) is 36.5 Å². The molecule has 128 valence electrons. The molecule has 2 aromatic carbocycles. The molecule has 0 unspecified atom stereocenters. The molecular weight excluding hydrogens is 342 g/mol. The predicted molar refractivity (Wildman–Crippen MR) is 89.4 cm³/mol. The third-order valence-electron chi connectivity index (χ3n) is 3.54. The van der Waals surface area contributed by atoms with Gasteiger partial charge in [0.2, 0.25) is 0 Å². The van der Waals surface area contributed by atoms with E-state index in [0.29, 0.717) is 5.56 Å². The van der Waals surface area contributed by atoms with Gasteiger partial charge in [-0.15, -0.1) is 0 Å². The number of alkyl halides is 1. The maximum atomic E-state index is 14.8. The molecule has 0 aliphatic rings. The van der Waals surface area contributed by atoms with Gasteiger partial charge in [-0.2, -0.15) is 0 Å². The van der Waals surface area contributed by atoms with Crippen molar-refractivity contribution in [2.24, 2.45) is 0 Å². The van der Waals surface area contributed by atoms with Crippen LogP contribution in [0, 0.1) is 24.4 Å². The van der Waals surface area contributed by atoms with E-state index in [-0.39, 0.29) is 22.0 Å². The van der Waals surface area contributed by atoms with Crippen molar-refractivity contribution in [1.82, 2.24) is 0 Å². The minimum atomic E-state index is -1.81. The first-order valence-electron chi connectivity index (χ1n) is 7.11. The highest BCUT2D eigenvalue weighted by Gasteiger charge is 2.24. The van der Waals surface area contributed by atoms with E-state index in [1.54, 1.807) is 6.92 Å². The quantitative estimate of drug-likeness (QED) is 0.624. The summed E-state index contributed by atoms with van der Waals surface area (Å²) in [6.07, 6.45) is 0. The Morgan fingerprint density at radius 2 is 1.75 bits per heavy atom. The van der Waals surface area contributed by atoms with Gasteiger partial charge in [-0.05, 0) is 50.6 Å². The molecule has 0 saturated carbocycles. The van der Waals surface area contributed by atoms with Gasteiger partial charge in [0, 0.05) is 11.3 Å². The fraction of sp³-hybridized carbons (Fsp3) is 0.222. The lowest BCUT2D eigenvalue weighted by Crippen LogP contribution is -2.21. The molecule has 0 spiro atoms. The maximum Gasteiger partial charge on any atom is 0.157 e. The van der Waals surface area contributed by atoms with Crippen LogP contribution in [0.25, 0.3) is 11.1 Å². The van der Waals surface area contributed by atoms with Crippen LogP contribution < -0.4 is 5.32 Å². The Balaban J connectivity index is 2.61. The molecule has 0 aromatic heterocycles. The molecule has 1 N–H and O–H groups in total. The highest BCUT2D eigenvalue weighted by Crippen LogP contribution is 2.37. The third-order valence-corrected chi connectivity index (χ3v) is 3.92. The summed E-state index contributed by atoms with van der Waals surface area (Å²) in [6.45, 7) is 7.57. The number of halogens is 5. The van der Waals surface area contributed by atoms with Crippen LogP contribution in [-0.4, -0.2) is 5.67 Å². The number of anilines is 1. The van der Waals surface area contributed by atoms with Crippen molar-refractivity contribution in [2.45, 2.75) is 26.4 Å². The fourth-order valence-corrected chi connectivity index (χ4v) is 2.32. The van der Waals surface area contributed by atoms with Crippen LogP contribution in [0.4, 0.5) is 23.2 Å². The molecule has 2 rings (SSSR count). The minimum absolute atomic E-state index is 0.0968. The van der Waals surface area contributed by atoms with Gasteiger partial charge in [-0.25, -0.2) is 17.6 Å². The average Bonchev–Trinajstić information content (AvgIpc) is 2.46. The lowest BCUT2D eigenvalue weighted by Gasteiger charge is -2.20.